The zero-order valence-electron chi connectivity index (χ0n) is 12.5. The fourth-order valence-electron chi connectivity index (χ4n) is 3.59. The van der Waals surface area contributed by atoms with E-state index in [4.69, 9.17) is 4.84 Å². The second kappa shape index (κ2) is 4.77. The van der Waals surface area contributed by atoms with Gasteiger partial charge in [-0.1, -0.05) is 6.42 Å². The topological polar surface area (TPSA) is 32.7 Å². The van der Waals surface area contributed by atoms with Gasteiger partial charge in [0.25, 0.3) is 0 Å². The zero-order valence-corrected chi connectivity index (χ0v) is 12.5. The van der Waals surface area contributed by atoms with Crippen LogP contribution in [0.25, 0.3) is 0 Å². The molecule has 1 aliphatic carbocycles. The number of hydrogen-bond acceptors (Lipinski definition) is 3. The Bertz CT molecular complexity index is 277. The van der Waals surface area contributed by atoms with E-state index in [1.807, 2.05) is 0 Å². The third-order valence-corrected chi connectivity index (χ3v) is 4.57. The predicted octanol–water partition coefficient (Wildman–Crippen LogP) is 3.61. The normalized spacial score (nSPS) is 31.2. The van der Waals surface area contributed by atoms with Crippen molar-refractivity contribution in [2.75, 3.05) is 0 Å². The van der Waals surface area contributed by atoms with E-state index in [9.17, 15) is 5.11 Å². The number of hydrogen-bond donors (Lipinski definition) is 1. The Morgan fingerprint density at radius 2 is 1.28 bits per heavy atom. The van der Waals surface area contributed by atoms with Gasteiger partial charge in [0.05, 0.1) is 0 Å². The van der Waals surface area contributed by atoms with Crippen molar-refractivity contribution in [2.45, 2.75) is 95.9 Å². The minimum Gasteiger partial charge on any atom is -0.364 e. The first-order valence-electron chi connectivity index (χ1n) is 7.47. The Labute approximate surface area is 111 Å². The lowest BCUT2D eigenvalue weighted by molar-refractivity contribution is -0.396. The van der Waals surface area contributed by atoms with E-state index in [0.717, 1.165) is 38.5 Å². The first kappa shape index (κ1) is 14.3. The van der Waals surface area contributed by atoms with E-state index >= 15 is 0 Å². The van der Waals surface area contributed by atoms with Crippen LogP contribution in [-0.2, 0) is 4.84 Å². The summed E-state index contributed by atoms with van der Waals surface area (Å²) in [5.41, 5.74) is 0.0177. The molecule has 3 heteroatoms. The van der Waals surface area contributed by atoms with Crippen molar-refractivity contribution in [3.63, 3.8) is 0 Å². The molecule has 0 spiro atoms. The van der Waals surface area contributed by atoms with Crippen LogP contribution in [0.5, 0.6) is 0 Å². The van der Waals surface area contributed by atoms with Crippen molar-refractivity contribution in [1.82, 2.24) is 5.06 Å². The van der Waals surface area contributed by atoms with Gasteiger partial charge in [0.15, 0.2) is 5.79 Å². The predicted molar refractivity (Wildman–Crippen MR) is 73.0 cm³/mol. The number of nitrogens with zero attached hydrogens (tertiary/aromatic N) is 1. The van der Waals surface area contributed by atoms with E-state index in [2.05, 4.69) is 32.8 Å². The van der Waals surface area contributed by atoms with Gasteiger partial charge in [-0.2, -0.15) is 5.06 Å². The van der Waals surface area contributed by atoms with Crippen molar-refractivity contribution < 1.29 is 9.94 Å². The molecular weight excluding hydrogens is 226 g/mol. The van der Waals surface area contributed by atoms with Gasteiger partial charge < -0.3 is 5.11 Å². The minimum atomic E-state index is -0.926. The smallest absolute Gasteiger partial charge is 0.185 e. The van der Waals surface area contributed by atoms with Crippen LogP contribution < -0.4 is 0 Å². The summed E-state index contributed by atoms with van der Waals surface area (Å²) in [5.74, 6) is -0.926. The molecule has 1 saturated heterocycles. The molecule has 1 N–H and O–H groups in total. The zero-order chi connectivity index (χ0) is 13.4. The molecule has 0 amide bonds. The molecule has 1 aliphatic heterocycles. The molecular formula is C15H29NO2. The second-order valence-corrected chi connectivity index (χ2v) is 7.37. The molecule has 2 fully saturated rings. The molecule has 0 aromatic carbocycles. The summed E-state index contributed by atoms with van der Waals surface area (Å²) in [7, 11) is 0. The summed E-state index contributed by atoms with van der Waals surface area (Å²) in [5, 5.41) is 12.7. The lowest BCUT2D eigenvalue weighted by atomic mass is 9.82. The van der Waals surface area contributed by atoms with Crippen LogP contribution in [0.3, 0.4) is 0 Å². The maximum Gasteiger partial charge on any atom is 0.185 e. The third kappa shape index (κ3) is 2.89. The molecule has 0 bridgehead atoms. The molecule has 0 aromatic rings. The molecule has 0 radical (unpaired) electrons. The number of hydroxylamine groups is 2. The molecule has 0 atom stereocenters. The quantitative estimate of drug-likeness (QED) is 0.765. The number of rotatable bonds is 2. The van der Waals surface area contributed by atoms with Crippen LogP contribution in [0.1, 0.15) is 79.1 Å². The molecule has 2 rings (SSSR count). The largest absolute Gasteiger partial charge is 0.364 e. The fraction of sp³-hybridized carbons (Fsp3) is 1.00. The first-order chi connectivity index (χ1) is 8.25. The van der Waals surface area contributed by atoms with Crippen LogP contribution in [0, 0.1) is 0 Å². The lowest BCUT2D eigenvalue weighted by Crippen LogP contribution is -2.61. The molecule has 18 heavy (non-hydrogen) atoms. The molecule has 1 saturated carbocycles. The summed E-state index contributed by atoms with van der Waals surface area (Å²) in [6.07, 6.45) is 8.41. The average molecular weight is 255 g/mol. The Kier molecular flexibility index (Phi) is 3.79. The van der Waals surface area contributed by atoms with Gasteiger partial charge in [-0.25, -0.2) is 0 Å². The second-order valence-electron chi connectivity index (χ2n) is 7.37. The minimum absolute atomic E-state index is 0.00886. The van der Waals surface area contributed by atoms with Gasteiger partial charge in [0.1, 0.15) is 0 Å². The van der Waals surface area contributed by atoms with E-state index < -0.39 is 5.79 Å². The SMILES string of the molecule is CC1(C)CCCC(C)(C)N1OC1(O)CCCCC1. The Morgan fingerprint density at radius 1 is 0.778 bits per heavy atom. The monoisotopic (exact) mass is 255 g/mol. The van der Waals surface area contributed by atoms with Crippen LogP contribution in [0.2, 0.25) is 0 Å². The third-order valence-electron chi connectivity index (χ3n) is 4.57. The summed E-state index contributed by atoms with van der Waals surface area (Å²) in [6, 6.07) is 0. The van der Waals surface area contributed by atoms with Gasteiger partial charge in [0, 0.05) is 23.9 Å². The van der Waals surface area contributed by atoms with E-state index in [-0.39, 0.29) is 11.1 Å². The highest BCUT2D eigenvalue weighted by Crippen LogP contribution is 2.42. The Morgan fingerprint density at radius 3 is 1.78 bits per heavy atom. The summed E-state index contributed by atoms with van der Waals surface area (Å²) in [6.45, 7) is 8.89. The molecule has 0 unspecified atom stereocenters. The molecule has 3 nitrogen and oxygen atoms in total. The van der Waals surface area contributed by atoms with E-state index in [1.165, 1.54) is 12.8 Å². The summed E-state index contributed by atoms with van der Waals surface area (Å²) >= 11 is 0. The van der Waals surface area contributed by atoms with Crippen molar-refractivity contribution in [3.05, 3.63) is 0 Å². The van der Waals surface area contributed by atoms with Gasteiger partial charge in [-0.15, -0.1) is 0 Å². The van der Waals surface area contributed by atoms with Crippen LogP contribution >= 0.6 is 0 Å². The van der Waals surface area contributed by atoms with Crippen molar-refractivity contribution >= 4 is 0 Å². The van der Waals surface area contributed by atoms with E-state index in [1.54, 1.807) is 0 Å². The highest BCUT2D eigenvalue weighted by molar-refractivity contribution is 4.93. The Hall–Kier alpha value is -0.120. The molecule has 0 aromatic heterocycles. The van der Waals surface area contributed by atoms with Crippen LogP contribution in [-0.4, -0.2) is 27.0 Å². The first-order valence-corrected chi connectivity index (χ1v) is 7.47. The van der Waals surface area contributed by atoms with Crippen molar-refractivity contribution in [1.29, 1.82) is 0 Å². The molecule has 2 aliphatic rings. The number of aliphatic hydroxyl groups is 1. The van der Waals surface area contributed by atoms with Gasteiger partial charge in [-0.3, -0.25) is 4.84 Å². The van der Waals surface area contributed by atoms with Crippen molar-refractivity contribution in [2.24, 2.45) is 0 Å². The van der Waals surface area contributed by atoms with Gasteiger partial charge >= 0.3 is 0 Å². The van der Waals surface area contributed by atoms with Gasteiger partial charge in [0.2, 0.25) is 0 Å². The highest BCUT2D eigenvalue weighted by Gasteiger charge is 2.46. The summed E-state index contributed by atoms with van der Waals surface area (Å²) in [4.78, 5) is 6.14. The maximum atomic E-state index is 10.6. The highest BCUT2D eigenvalue weighted by atomic mass is 16.8. The molecule has 1 heterocycles. The average Bonchev–Trinajstić information content (AvgIpc) is 2.24. The van der Waals surface area contributed by atoms with Crippen LogP contribution in [0.4, 0.5) is 0 Å². The van der Waals surface area contributed by atoms with Crippen molar-refractivity contribution in [3.8, 4) is 0 Å². The van der Waals surface area contributed by atoms with E-state index in [0.29, 0.717) is 0 Å². The standard InChI is InChI=1S/C15H29NO2/c1-13(2)9-8-10-14(3,4)16(13)18-15(17)11-6-5-7-12-15/h17H,5-12H2,1-4H3. The Balaban J connectivity index is 2.13. The molecule has 106 valence electrons. The van der Waals surface area contributed by atoms with Crippen LogP contribution in [0.15, 0.2) is 0 Å². The maximum absolute atomic E-state index is 10.6. The number of piperidine rings is 1. The van der Waals surface area contributed by atoms with Gasteiger partial charge in [-0.05, 0) is 59.8 Å². The fourth-order valence-corrected chi connectivity index (χ4v) is 3.59. The summed E-state index contributed by atoms with van der Waals surface area (Å²) < 4.78 is 0. The lowest BCUT2D eigenvalue weighted by Gasteiger charge is -2.54.